The van der Waals surface area contributed by atoms with E-state index in [0.717, 1.165) is 27.1 Å². The number of esters is 1. The van der Waals surface area contributed by atoms with Crippen molar-refractivity contribution in [2.45, 2.75) is 75.1 Å². The number of nitrogens with one attached hydrogen (secondary N) is 1. The molecule has 3 aliphatic rings. The number of alkyl carbamates (subject to hydrolysis) is 1. The number of halogens is 1. The molecule has 0 bridgehead atoms. The lowest BCUT2D eigenvalue weighted by Gasteiger charge is -2.31. The van der Waals surface area contributed by atoms with Crippen molar-refractivity contribution in [3.05, 3.63) is 86.1 Å². The zero-order valence-corrected chi connectivity index (χ0v) is 27.0. The van der Waals surface area contributed by atoms with E-state index in [0.29, 0.717) is 35.3 Å². The third kappa shape index (κ3) is 4.96. The van der Waals surface area contributed by atoms with Crippen molar-refractivity contribution >= 4 is 44.6 Å². The predicted octanol–water partition coefficient (Wildman–Crippen LogP) is 5.46. The summed E-state index contributed by atoms with van der Waals surface area (Å²) < 4.78 is 27.5. The average molecular weight is 663 g/mol. The molecule has 3 aromatic heterocycles. The number of hydrogen-bond donors (Lipinski definition) is 2. The number of aliphatic hydroxyl groups is 1. The minimum atomic E-state index is -1.97. The van der Waals surface area contributed by atoms with Crippen molar-refractivity contribution in [2.75, 3.05) is 6.61 Å². The Morgan fingerprint density at radius 1 is 1.28 bits per heavy atom. The Kier molecular flexibility index (Phi) is 7.81. The number of pyridine rings is 3. The quantitative estimate of drug-likeness (QED) is 0.171. The normalized spacial score (nSPS) is 20.0. The van der Waals surface area contributed by atoms with E-state index in [2.05, 4.69) is 10.3 Å². The SMILES string of the molecule is CC[C@@]1(O)C(=O)OCc2c1cc1n(c2=O)Cc2c-1nc1cc(F)c(C)c3c1c2[C@@H](NC(=O)OCC(C)SSc1ccccn1)CC3. The Bertz CT molecular complexity index is 1990. The molecule has 1 unspecified atom stereocenters. The number of fused-ring (bicyclic) bond motifs is 5. The summed E-state index contributed by atoms with van der Waals surface area (Å²) in [6.07, 6.45) is 2.19. The third-order valence-electron chi connectivity index (χ3n) is 9.05. The summed E-state index contributed by atoms with van der Waals surface area (Å²) >= 11 is 0. The van der Waals surface area contributed by atoms with Crippen LogP contribution >= 0.6 is 21.6 Å². The highest BCUT2D eigenvalue weighted by Crippen LogP contribution is 2.46. The summed E-state index contributed by atoms with van der Waals surface area (Å²) in [6.45, 7) is 5.45. The number of nitrogens with zero attached hydrogens (tertiary/aromatic N) is 3. The van der Waals surface area contributed by atoms with Gasteiger partial charge in [0.05, 0.1) is 35.1 Å². The molecule has 13 heteroatoms. The second kappa shape index (κ2) is 11.7. The molecule has 3 atom stereocenters. The van der Waals surface area contributed by atoms with Crippen molar-refractivity contribution in [3.8, 4) is 11.4 Å². The number of carbonyl (C=O) groups is 2. The van der Waals surface area contributed by atoms with Gasteiger partial charge in [0.25, 0.3) is 5.56 Å². The van der Waals surface area contributed by atoms with E-state index in [1.807, 2.05) is 25.1 Å². The lowest BCUT2D eigenvalue weighted by Crippen LogP contribution is -2.44. The van der Waals surface area contributed by atoms with Crippen molar-refractivity contribution < 1.29 is 28.6 Å². The molecule has 2 N–H and O–H groups in total. The van der Waals surface area contributed by atoms with Crippen LogP contribution in [0, 0.1) is 12.7 Å². The predicted molar refractivity (Wildman–Crippen MR) is 172 cm³/mol. The van der Waals surface area contributed by atoms with Gasteiger partial charge in [0.2, 0.25) is 0 Å². The number of ether oxygens (including phenoxy) is 2. The number of aromatic nitrogens is 3. The zero-order valence-electron chi connectivity index (χ0n) is 25.4. The second-order valence-electron chi connectivity index (χ2n) is 11.8. The van der Waals surface area contributed by atoms with Crippen LogP contribution in [0.5, 0.6) is 0 Å². The fourth-order valence-electron chi connectivity index (χ4n) is 6.63. The molecule has 0 fully saturated rings. The molecule has 1 amide bonds. The Morgan fingerprint density at radius 2 is 2.11 bits per heavy atom. The van der Waals surface area contributed by atoms with Crippen molar-refractivity contribution in [1.82, 2.24) is 19.9 Å². The van der Waals surface area contributed by atoms with Crippen LogP contribution in [0.25, 0.3) is 22.3 Å². The fraction of sp³-hybridized carbons (Fsp3) is 0.364. The van der Waals surface area contributed by atoms with Gasteiger partial charge < -0.3 is 24.5 Å². The summed E-state index contributed by atoms with van der Waals surface area (Å²) in [5.74, 6) is -1.19. The molecular weight excluding hydrogens is 632 g/mol. The first-order chi connectivity index (χ1) is 22.1. The number of benzene rings is 1. The van der Waals surface area contributed by atoms with Gasteiger partial charge in [0.15, 0.2) is 5.60 Å². The molecule has 4 aromatic rings. The van der Waals surface area contributed by atoms with E-state index < -0.39 is 29.3 Å². The molecule has 0 saturated heterocycles. The van der Waals surface area contributed by atoms with Gasteiger partial charge in [-0.05, 0) is 78.8 Å². The van der Waals surface area contributed by atoms with Gasteiger partial charge in [-0.3, -0.25) is 4.79 Å². The molecule has 1 aliphatic carbocycles. The fourth-order valence-corrected chi connectivity index (χ4v) is 8.51. The minimum Gasteiger partial charge on any atom is -0.458 e. The summed E-state index contributed by atoms with van der Waals surface area (Å²) in [4.78, 5) is 48.7. The van der Waals surface area contributed by atoms with Crippen LogP contribution in [0.15, 0.2) is 46.3 Å². The Morgan fingerprint density at radius 3 is 2.87 bits per heavy atom. The maximum atomic E-state index is 15.2. The van der Waals surface area contributed by atoms with Gasteiger partial charge in [-0.25, -0.2) is 23.9 Å². The first kappa shape index (κ1) is 30.7. The molecule has 0 spiro atoms. The Balaban J connectivity index is 1.24. The molecule has 46 heavy (non-hydrogen) atoms. The van der Waals surface area contributed by atoms with Crippen LogP contribution in [0.2, 0.25) is 0 Å². The average Bonchev–Trinajstić information content (AvgIpc) is 3.43. The van der Waals surface area contributed by atoms with Crippen LogP contribution < -0.4 is 10.9 Å². The number of hydrogen-bond acceptors (Lipinski definition) is 10. The van der Waals surface area contributed by atoms with Gasteiger partial charge in [-0.15, -0.1) is 0 Å². The molecule has 7 rings (SSSR count). The molecule has 0 saturated carbocycles. The van der Waals surface area contributed by atoms with E-state index in [1.54, 1.807) is 41.5 Å². The standard InChI is InChI=1S/C33H31FN4O6S2/c1-4-33(42)21-11-25-29-19(13-38(25)30(39)20(21)15-43-31(33)40)28-23(9-8-18-17(3)22(34)12-24(36-29)27(18)28)37-32(41)44-14-16(2)45-46-26-7-5-6-10-35-26/h5-7,10-12,16,23,42H,4,8-9,13-15H2,1-3H3,(H,37,41)/t16?,23-,33-/m0/s1. The second-order valence-corrected chi connectivity index (χ2v) is 14.5. The molecule has 238 valence electrons. The highest BCUT2D eigenvalue weighted by atomic mass is 33.1. The van der Waals surface area contributed by atoms with E-state index in [-0.39, 0.29) is 48.4 Å². The number of aryl methyl sites for hydroxylation is 1. The van der Waals surface area contributed by atoms with Gasteiger partial charge in [0.1, 0.15) is 24.1 Å². The first-order valence-electron chi connectivity index (χ1n) is 15.1. The van der Waals surface area contributed by atoms with E-state index in [4.69, 9.17) is 14.5 Å². The lowest BCUT2D eigenvalue weighted by atomic mass is 9.81. The van der Waals surface area contributed by atoms with E-state index >= 15 is 4.39 Å². The Labute approximate surface area is 271 Å². The zero-order chi connectivity index (χ0) is 32.3. The maximum absolute atomic E-state index is 15.2. The van der Waals surface area contributed by atoms with Crippen LogP contribution in [0.1, 0.15) is 66.1 Å². The van der Waals surface area contributed by atoms with Gasteiger partial charge >= 0.3 is 12.1 Å². The molecule has 0 radical (unpaired) electrons. The number of cyclic esters (lactones) is 1. The van der Waals surface area contributed by atoms with E-state index in [1.165, 1.54) is 16.9 Å². The van der Waals surface area contributed by atoms with Crippen LogP contribution in [0.3, 0.4) is 0 Å². The minimum absolute atomic E-state index is 0.00243. The summed E-state index contributed by atoms with van der Waals surface area (Å²) in [5, 5.41) is 15.9. The highest BCUT2D eigenvalue weighted by Gasteiger charge is 2.46. The number of carbonyl (C=O) groups excluding carboxylic acids is 2. The maximum Gasteiger partial charge on any atom is 0.407 e. The Hall–Kier alpha value is -3.94. The van der Waals surface area contributed by atoms with Crippen molar-refractivity contribution in [2.24, 2.45) is 0 Å². The molecular formula is C33H31FN4O6S2. The molecule has 1 aromatic carbocycles. The third-order valence-corrected chi connectivity index (χ3v) is 11.8. The van der Waals surface area contributed by atoms with Gasteiger partial charge in [-0.1, -0.05) is 23.8 Å². The monoisotopic (exact) mass is 662 g/mol. The number of amides is 1. The molecule has 2 aliphatic heterocycles. The van der Waals surface area contributed by atoms with Crippen LogP contribution in [0.4, 0.5) is 9.18 Å². The largest absolute Gasteiger partial charge is 0.458 e. The van der Waals surface area contributed by atoms with Gasteiger partial charge in [0, 0.05) is 34.0 Å². The number of rotatable bonds is 7. The topological polar surface area (TPSA) is 133 Å². The highest BCUT2D eigenvalue weighted by molar-refractivity contribution is 8.76. The summed E-state index contributed by atoms with van der Waals surface area (Å²) in [5.41, 5.74) is 2.19. The van der Waals surface area contributed by atoms with Crippen molar-refractivity contribution in [3.63, 3.8) is 0 Å². The summed E-state index contributed by atoms with van der Waals surface area (Å²) in [7, 11) is 3.07. The first-order valence-corrected chi connectivity index (χ1v) is 17.3. The smallest absolute Gasteiger partial charge is 0.407 e. The lowest BCUT2D eigenvalue weighted by molar-refractivity contribution is -0.172. The molecule has 10 nitrogen and oxygen atoms in total. The van der Waals surface area contributed by atoms with E-state index in [9.17, 15) is 19.5 Å². The van der Waals surface area contributed by atoms with Crippen LogP contribution in [-0.2, 0) is 39.4 Å². The summed E-state index contributed by atoms with van der Waals surface area (Å²) in [6, 6.07) is 8.22. The van der Waals surface area contributed by atoms with Crippen LogP contribution in [-0.4, -0.2) is 43.6 Å². The molecule has 5 heterocycles. The van der Waals surface area contributed by atoms with Gasteiger partial charge in [-0.2, -0.15) is 0 Å². The van der Waals surface area contributed by atoms with Crippen molar-refractivity contribution in [1.29, 1.82) is 0 Å².